The van der Waals surface area contributed by atoms with E-state index in [1.807, 2.05) is 6.07 Å². The van der Waals surface area contributed by atoms with Gasteiger partial charge in [-0.1, -0.05) is 26.2 Å². The number of thioether (sulfide) groups is 1. The van der Waals surface area contributed by atoms with E-state index in [1.165, 1.54) is 32.1 Å². The monoisotopic (exact) mass is 294 g/mol. The summed E-state index contributed by atoms with van der Waals surface area (Å²) < 4.78 is 0. The van der Waals surface area contributed by atoms with Crippen LogP contribution in [0.5, 0.6) is 0 Å². The Labute approximate surface area is 124 Å². The van der Waals surface area contributed by atoms with E-state index in [2.05, 4.69) is 12.2 Å². The maximum Gasteiger partial charge on any atom is 0.272 e. The fourth-order valence-electron chi connectivity index (χ4n) is 2.50. The van der Waals surface area contributed by atoms with Crippen LogP contribution in [0.15, 0.2) is 23.1 Å². The summed E-state index contributed by atoms with van der Waals surface area (Å²) in [6.07, 6.45) is 7.36. The van der Waals surface area contributed by atoms with Gasteiger partial charge in [-0.3, -0.25) is 10.1 Å². The van der Waals surface area contributed by atoms with Gasteiger partial charge in [0.15, 0.2) is 0 Å². The summed E-state index contributed by atoms with van der Waals surface area (Å²) in [4.78, 5) is 11.8. The third kappa shape index (κ3) is 4.40. The van der Waals surface area contributed by atoms with E-state index >= 15 is 0 Å². The first-order valence-corrected chi connectivity index (χ1v) is 8.27. The van der Waals surface area contributed by atoms with Crippen molar-refractivity contribution in [3.8, 4) is 0 Å². The van der Waals surface area contributed by atoms with Crippen molar-refractivity contribution in [2.75, 3.05) is 11.9 Å². The molecule has 4 nitrogen and oxygen atoms in total. The number of hydrogen-bond donors (Lipinski definition) is 1. The molecule has 1 N–H and O–H groups in total. The Balaban J connectivity index is 2.12. The normalized spacial score (nSPS) is 16.1. The van der Waals surface area contributed by atoms with E-state index in [9.17, 15) is 10.1 Å². The molecule has 0 aliphatic heterocycles. The van der Waals surface area contributed by atoms with Crippen molar-refractivity contribution >= 4 is 23.1 Å². The van der Waals surface area contributed by atoms with Gasteiger partial charge in [-0.05, 0) is 25.3 Å². The van der Waals surface area contributed by atoms with Crippen molar-refractivity contribution < 1.29 is 4.92 Å². The van der Waals surface area contributed by atoms with Crippen molar-refractivity contribution in [2.24, 2.45) is 0 Å². The molecule has 5 heteroatoms. The second-order valence-electron chi connectivity index (χ2n) is 5.28. The van der Waals surface area contributed by atoms with Crippen molar-refractivity contribution in [1.82, 2.24) is 0 Å². The molecule has 1 aromatic carbocycles. The number of rotatable bonds is 6. The fraction of sp³-hybridized carbons (Fsp3) is 0.600. The molecule has 2 rings (SSSR count). The van der Waals surface area contributed by atoms with Crippen LogP contribution >= 0.6 is 11.8 Å². The van der Waals surface area contributed by atoms with Crippen LogP contribution in [0, 0.1) is 10.1 Å². The van der Waals surface area contributed by atoms with E-state index < -0.39 is 0 Å². The first kappa shape index (κ1) is 15.2. The highest BCUT2D eigenvalue weighted by atomic mass is 32.2. The van der Waals surface area contributed by atoms with Crippen LogP contribution in [0.1, 0.15) is 45.4 Å². The van der Waals surface area contributed by atoms with Crippen molar-refractivity contribution in [2.45, 2.75) is 55.6 Å². The molecule has 0 atom stereocenters. The highest BCUT2D eigenvalue weighted by Crippen LogP contribution is 2.36. The minimum absolute atomic E-state index is 0.185. The zero-order valence-corrected chi connectivity index (χ0v) is 12.7. The second kappa shape index (κ2) is 7.53. The molecule has 0 spiro atoms. The smallest absolute Gasteiger partial charge is 0.272 e. The fourth-order valence-corrected chi connectivity index (χ4v) is 3.84. The molecule has 0 saturated heterocycles. The number of benzene rings is 1. The maximum absolute atomic E-state index is 11.0. The average Bonchev–Trinajstić information content (AvgIpc) is 2.46. The maximum atomic E-state index is 11.0. The third-order valence-electron chi connectivity index (χ3n) is 3.54. The largest absolute Gasteiger partial charge is 0.385 e. The lowest BCUT2D eigenvalue weighted by atomic mass is 10.0. The molecule has 0 bridgehead atoms. The molecule has 0 amide bonds. The molecular formula is C15H22N2O2S. The lowest BCUT2D eigenvalue weighted by molar-refractivity contribution is -0.385. The molecular weight excluding hydrogens is 272 g/mol. The molecule has 1 aromatic rings. The quantitative estimate of drug-likeness (QED) is 0.602. The van der Waals surface area contributed by atoms with Gasteiger partial charge in [-0.2, -0.15) is 0 Å². The number of nitro groups is 1. The topological polar surface area (TPSA) is 55.2 Å². The van der Waals surface area contributed by atoms with Gasteiger partial charge in [0.2, 0.25) is 0 Å². The van der Waals surface area contributed by atoms with E-state index in [0.29, 0.717) is 5.25 Å². The van der Waals surface area contributed by atoms with E-state index in [-0.39, 0.29) is 10.6 Å². The Bertz CT molecular complexity index is 459. The molecule has 1 fully saturated rings. The average molecular weight is 294 g/mol. The van der Waals surface area contributed by atoms with Crippen LogP contribution in [0.25, 0.3) is 0 Å². The lowest BCUT2D eigenvalue weighted by Gasteiger charge is -2.21. The van der Waals surface area contributed by atoms with E-state index in [4.69, 9.17) is 0 Å². The zero-order chi connectivity index (χ0) is 14.4. The summed E-state index contributed by atoms with van der Waals surface area (Å²) in [6, 6.07) is 5.37. The van der Waals surface area contributed by atoms with Gasteiger partial charge in [0.05, 0.1) is 4.92 Å². The van der Waals surface area contributed by atoms with Gasteiger partial charge in [-0.25, -0.2) is 0 Å². The van der Waals surface area contributed by atoms with Crippen LogP contribution in [0.4, 0.5) is 11.4 Å². The van der Waals surface area contributed by atoms with Crippen molar-refractivity contribution in [1.29, 1.82) is 0 Å². The van der Waals surface area contributed by atoms with Crippen molar-refractivity contribution in [3.05, 3.63) is 28.3 Å². The molecule has 1 aliphatic rings. The molecule has 0 radical (unpaired) electrons. The summed E-state index contributed by atoms with van der Waals surface area (Å²) in [5.74, 6) is 0. The number of nitro benzene ring substituents is 1. The number of hydrogen-bond acceptors (Lipinski definition) is 4. The number of non-ortho nitro benzene ring substituents is 1. The zero-order valence-electron chi connectivity index (χ0n) is 11.9. The summed E-state index contributed by atoms with van der Waals surface area (Å²) in [7, 11) is 0. The standard InChI is InChI=1S/C15H22N2O2S/c1-2-8-16-12-9-13(17(18)19)11-15(10-12)20-14-6-4-3-5-7-14/h9-11,14,16H,2-8H2,1H3. The predicted octanol–water partition coefficient (Wildman–Crippen LogP) is 4.84. The van der Waals surface area contributed by atoms with E-state index in [0.717, 1.165) is 23.5 Å². The van der Waals surface area contributed by atoms with Gasteiger partial charge in [-0.15, -0.1) is 11.8 Å². The van der Waals surface area contributed by atoms with Gasteiger partial charge < -0.3 is 5.32 Å². The van der Waals surface area contributed by atoms with E-state index in [1.54, 1.807) is 23.9 Å². The first-order chi connectivity index (χ1) is 9.69. The summed E-state index contributed by atoms with van der Waals surface area (Å²) in [5, 5.41) is 14.9. The Morgan fingerprint density at radius 3 is 2.70 bits per heavy atom. The Morgan fingerprint density at radius 1 is 1.30 bits per heavy atom. The van der Waals surface area contributed by atoms with Gasteiger partial charge in [0.1, 0.15) is 0 Å². The Kier molecular flexibility index (Phi) is 5.71. The molecule has 0 unspecified atom stereocenters. The van der Waals surface area contributed by atoms with Crippen molar-refractivity contribution in [3.63, 3.8) is 0 Å². The van der Waals surface area contributed by atoms with Crippen LogP contribution in [0.3, 0.4) is 0 Å². The van der Waals surface area contributed by atoms with Crippen LogP contribution < -0.4 is 5.32 Å². The number of anilines is 1. The first-order valence-electron chi connectivity index (χ1n) is 7.39. The summed E-state index contributed by atoms with van der Waals surface area (Å²) in [5.41, 5.74) is 1.05. The van der Waals surface area contributed by atoms with Crippen LogP contribution in [0.2, 0.25) is 0 Å². The second-order valence-corrected chi connectivity index (χ2v) is 6.65. The minimum Gasteiger partial charge on any atom is -0.385 e. The molecule has 1 aliphatic carbocycles. The molecule has 0 aromatic heterocycles. The summed E-state index contributed by atoms with van der Waals surface area (Å²) >= 11 is 1.80. The summed E-state index contributed by atoms with van der Waals surface area (Å²) in [6.45, 7) is 2.93. The van der Waals surface area contributed by atoms with Gasteiger partial charge >= 0.3 is 0 Å². The Hall–Kier alpha value is -1.23. The molecule has 0 heterocycles. The highest BCUT2D eigenvalue weighted by molar-refractivity contribution is 8.00. The van der Waals surface area contributed by atoms with Gasteiger partial charge in [0.25, 0.3) is 5.69 Å². The van der Waals surface area contributed by atoms with Gasteiger partial charge in [0, 0.05) is 34.5 Å². The molecule has 20 heavy (non-hydrogen) atoms. The van der Waals surface area contributed by atoms with Crippen LogP contribution in [-0.2, 0) is 0 Å². The number of nitrogens with zero attached hydrogens (tertiary/aromatic N) is 1. The minimum atomic E-state index is -0.304. The molecule has 110 valence electrons. The molecule has 1 saturated carbocycles. The highest BCUT2D eigenvalue weighted by Gasteiger charge is 2.17. The Morgan fingerprint density at radius 2 is 2.05 bits per heavy atom. The lowest BCUT2D eigenvalue weighted by Crippen LogP contribution is -2.08. The predicted molar refractivity (Wildman–Crippen MR) is 84.6 cm³/mol. The SMILES string of the molecule is CCCNc1cc(SC2CCCCC2)cc([N+](=O)[O-])c1. The number of nitrogens with one attached hydrogen (secondary N) is 1. The van der Waals surface area contributed by atoms with Crippen LogP contribution in [-0.4, -0.2) is 16.7 Å². The third-order valence-corrected chi connectivity index (χ3v) is 4.85.